The lowest BCUT2D eigenvalue weighted by Gasteiger charge is -2.14. The van der Waals surface area contributed by atoms with Gasteiger partial charge in [-0.3, -0.25) is 14.8 Å². The minimum Gasteiger partial charge on any atom is -0.467 e. The van der Waals surface area contributed by atoms with E-state index in [0.29, 0.717) is 5.69 Å². The molecule has 3 aromatic rings. The molecule has 0 radical (unpaired) electrons. The monoisotopic (exact) mass is 416 g/mol. The van der Waals surface area contributed by atoms with Crippen molar-refractivity contribution in [1.82, 2.24) is 20.3 Å². The van der Waals surface area contributed by atoms with Crippen LogP contribution in [0.2, 0.25) is 0 Å². The lowest BCUT2D eigenvalue weighted by Crippen LogP contribution is -2.29. The second-order valence-electron chi connectivity index (χ2n) is 7.29. The molecule has 156 valence electrons. The quantitative estimate of drug-likeness (QED) is 0.659. The number of nitrogens with zero attached hydrogens (tertiary/aromatic N) is 3. The molecule has 9 heteroatoms. The van der Waals surface area contributed by atoms with Gasteiger partial charge in [0.15, 0.2) is 6.61 Å². The second kappa shape index (κ2) is 7.89. The van der Waals surface area contributed by atoms with E-state index in [2.05, 4.69) is 25.0 Å². The molecule has 0 spiro atoms. The minimum absolute atomic E-state index is 0.0750. The van der Waals surface area contributed by atoms with Crippen LogP contribution in [-0.4, -0.2) is 33.6 Å². The Labute approximate surface area is 170 Å². The van der Waals surface area contributed by atoms with Crippen molar-refractivity contribution in [2.24, 2.45) is 5.92 Å². The first kappa shape index (κ1) is 20.1. The van der Waals surface area contributed by atoms with Gasteiger partial charge in [0.05, 0.1) is 29.6 Å². The Morgan fingerprint density at radius 2 is 2.00 bits per heavy atom. The molecule has 1 fully saturated rings. The fourth-order valence-electron chi connectivity index (χ4n) is 3.27. The average molecular weight is 416 g/mol. The van der Waals surface area contributed by atoms with Crippen LogP contribution in [0, 0.1) is 5.92 Å². The first-order valence-corrected chi connectivity index (χ1v) is 9.48. The first-order valence-electron chi connectivity index (χ1n) is 9.48. The number of para-hydroxylation sites is 1. The molecule has 1 unspecified atom stereocenters. The zero-order valence-corrected chi connectivity index (χ0v) is 16.1. The highest BCUT2D eigenvalue weighted by Crippen LogP contribution is 2.47. The Hall–Kier alpha value is -3.23. The predicted molar refractivity (Wildman–Crippen MR) is 103 cm³/mol. The molecule has 1 aromatic carbocycles. The molecule has 6 nitrogen and oxygen atoms in total. The maximum absolute atomic E-state index is 12.6. The molecule has 1 amide bonds. The van der Waals surface area contributed by atoms with Crippen molar-refractivity contribution in [2.75, 3.05) is 6.61 Å². The summed E-state index contributed by atoms with van der Waals surface area (Å²) in [7, 11) is 0. The Morgan fingerprint density at radius 3 is 2.73 bits per heavy atom. The summed E-state index contributed by atoms with van der Waals surface area (Å²) in [6.45, 7) is 0.309. The van der Waals surface area contributed by atoms with Gasteiger partial charge in [-0.1, -0.05) is 24.3 Å². The highest BCUT2D eigenvalue weighted by molar-refractivity contribution is 5.84. The standard InChI is InChI=1S/C21H19F3N4O2/c1-12(18-9-26-19(10-25-18)30-11-21(22,23)24)27-20(29)15-8-14(15)17-7-6-13-4-2-3-5-16(13)28-17/h2-7,9-10,12,14-15H,8,11H2,1H3,(H,27,29)/t12?,14-,15-/m0/s1. The number of alkyl halides is 3. The molecule has 0 bridgehead atoms. The molecule has 1 aliphatic rings. The van der Waals surface area contributed by atoms with Gasteiger partial charge in [0.1, 0.15) is 0 Å². The number of carbonyl (C=O) groups is 1. The van der Waals surface area contributed by atoms with Gasteiger partial charge in [-0.2, -0.15) is 13.2 Å². The van der Waals surface area contributed by atoms with Crippen molar-refractivity contribution in [3.63, 3.8) is 0 Å². The van der Waals surface area contributed by atoms with Crippen LogP contribution in [0.3, 0.4) is 0 Å². The van der Waals surface area contributed by atoms with E-state index in [1.54, 1.807) is 6.92 Å². The number of hydrogen-bond donors (Lipinski definition) is 1. The molecule has 0 aliphatic heterocycles. The molecule has 3 atom stereocenters. The van der Waals surface area contributed by atoms with Crippen molar-refractivity contribution < 1.29 is 22.7 Å². The lowest BCUT2D eigenvalue weighted by molar-refractivity contribution is -0.154. The summed E-state index contributed by atoms with van der Waals surface area (Å²) in [4.78, 5) is 25.1. The molecule has 2 heterocycles. The zero-order chi connectivity index (χ0) is 21.3. The van der Waals surface area contributed by atoms with E-state index in [1.165, 1.54) is 6.20 Å². The van der Waals surface area contributed by atoms with E-state index in [9.17, 15) is 18.0 Å². The fraction of sp³-hybridized carbons (Fsp3) is 0.333. The Balaban J connectivity index is 1.33. The highest BCUT2D eigenvalue weighted by Gasteiger charge is 2.45. The molecule has 1 aliphatic carbocycles. The van der Waals surface area contributed by atoms with Crippen LogP contribution in [0.5, 0.6) is 5.88 Å². The second-order valence-corrected chi connectivity index (χ2v) is 7.29. The third-order valence-corrected chi connectivity index (χ3v) is 4.96. The summed E-state index contributed by atoms with van der Waals surface area (Å²) in [6.07, 6.45) is -1.31. The van der Waals surface area contributed by atoms with Crippen LogP contribution in [0.25, 0.3) is 10.9 Å². The minimum atomic E-state index is -4.44. The van der Waals surface area contributed by atoms with Gasteiger partial charge in [0.25, 0.3) is 0 Å². The molecule has 1 N–H and O–H groups in total. The van der Waals surface area contributed by atoms with E-state index in [4.69, 9.17) is 0 Å². The van der Waals surface area contributed by atoms with E-state index < -0.39 is 18.8 Å². The lowest BCUT2D eigenvalue weighted by atomic mass is 10.1. The maximum atomic E-state index is 12.6. The van der Waals surface area contributed by atoms with E-state index in [-0.39, 0.29) is 23.6 Å². The number of hydrogen-bond acceptors (Lipinski definition) is 5. The topological polar surface area (TPSA) is 77.0 Å². The maximum Gasteiger partial charge on any atom is 0.422 e. The number of carbonyl (C=O) groups excluding carboxylic acids is 1. The summed E-state index contributed by atoms with van der Waals surface area (Å²) in [5.74, 6) is -0.421. The summed E-state index contributed by atoms with van der Waals surface area (Å²) in [5, 5.41) is 3.93. The Kier molecular flexibility index (Phi) is 5.27. The summed E-state index contributed by atoms with van der Waals surface area (Å²) in [6, 6.07) is 11.3. The van der Waals surface area contributed by atoms with Gasteiger partial charge in [-0.25, -0.2) is 4.98 Å². The summed E-state index contributed by atoms with van der Waals surface area (Å²) < 4.78 is 41.1. The number of amides is 1. The van der Waals surface area contributed by atoms with Crippen LogP contribution < -0.4 is 10.1 Å². The van der Waals surface area contributed by atoms with Crippen molar-refractivity contribution in [3.05, 3.63) is 60.2 Å². The molecular weight excluding hydrogens is 397 g/mol. The number of nitrogens with one attached hydrogen (secondary N) is 1. The summed E-state index contributed by atoms with van der Waals surface area (Å²) >= 11 is 0. The first-order chi connectivity index (χ1) is 14.3. The zero-order valence-electron chi connectivity index (χ0n) is 16.1. The van der Waals surface area contributed by atoms with Crippen LogP contribution in [0.15, 0.2) is 48.8 Å². The Morgan fingerprint density at radius 1 is 1.20 bits per heavy atom. The van der Waals surface area contributed by atoms with Gasteiger partial charge in [-0.05, 0) is 25.5 Å². The smallest absolute Gasteiger partial charge is 0.422 e. The highest BCUT2D eigenvalue weighted by atomic mass is 19.4. The van der Waals surface area contributed by atoms with E-state index >= 15 is 0 Å². The number of halogens is 3. The molecule has 4 rings (SSSR count). The van der Waals surface area contributed by atoms with Gasteiger partial charge < -0.3 is 10.1 Å². The number of ether oxygens (including phenoxy) is 1. The van der Waals surface area contributed by atoms with E-state index in [1.807, 2.05) is 36.4 Å². The summed E-state index contributed by atoms with van der Waals surface area (Å²) in [5.41, 5.74) is 2.23. The van der Waals surface area contributed by atoms with Crippen LogP contribution in [0.1, 0.15) is 36.7 Å². The van der Waals surface area contributed by atoms with Gasteiger partial charge in [-0.15, -0.1) is 0 Å². The number of rotatable bonds is 6. The average Bonchev–Trinajstić information content (AvgIpc) is 3.53. The largest absolute Gasteiger partial charge is 0.467 e. The Bertz CT molecular complexity index is 1060. The van der Waals surface area contributed by atoms with Gasteiger partial charge in [0.2, 0.25) is 11.8 Å². The van der Waals surface area contributed by atoms with Gasteiger partial charge in [0, 0.05) is 22.9 Å². The van der Waals surface area contributed by atoms with Crippen molar-refractivity contribution >= 4 is 16.8 Å². The van der Waals surface area contributed by atoms with Crippen molar-refractivity contribution in [3.8, 4) is 5.88 Å². The molecule has 30 heavy (non-hydrogen) atoms. The number of benzene rings is 1. The van der Waals surface area contributed by atoms with Crippen LogP contribution in [-0.2, 0) is 4.79 Å². The predicted octanol–water partition coefficient (Wildman–Crippen LogP) is 3.95. The molecule has 1 saturated carbocycles. The molecular formula is C21H19F3N4O2. The number of pyridine rings is 1. The van der Waals surface area contributed by atoms with Crippen molar-refractivity contribution in [2.45, 2.75) is 31.5 Å². The number of fused-ring (bicyclic) bond motifs is 1. The van der Waals surface area contributed by atoms with Crippen molar-refractivity contribution in [1.29, 1.82) is 0 Å². The van der Waals surface area contributed by atoms with Gasteiger partial charge >= 0.3 is 6.18 Å². The molecule has 2 aromatic heterocycles. The third kappa shape index (κ3) is 4.67. The fourth-order valence-corrected chi connectivity index (χ4v) is 3.27. The third-order valence-electron chi connectivity index (χ3n) is 4.96. The SMILES string of the molecule is CC(NC(=O)[C@H]1C[C@@H]1c1ccc2ccccc2n1)c1cnc(OCC(F)(F)F)cn1. The van der Waals surface area contributed by atoms with Crippen LogP contribution >= 0.6 is 0 Å². The number of aromatic nitrogens is 3. The van der Waals surface area contributed by atoms with Crippen LogP contribution in [0.4, 0.5) is 13.2 Å². The molecule has 0 saturated heterocycles. The van der Waals surface area contributed by atoms with E-state index in [0.717, 1.165) is 29.2 Å². The normalized spacial score (nSPS) is 19.3.